The number of thioether (sulfide) groups is 1. The van der Waals surface area contributed by atoms with Crippen LogP contribution in [0.4, 0.5) is 0 Å². The van der Waals surface area contributed by atoms with Gasteiger partial charge in [-0.1, -0.05) is 66.2 Å². The molecule has 258 valence electrons. The first kappa shape index (κ1) is 36.4. The van der Waals surface area contributed by atoms with Crippen molar-refractivity contribution >= 4 is 56.9 Å². The molecule has 1 saturated carbocycles. The molecule has 2 heterocycles. The first-order valence-electron chi connectivity index (χ1n) is 16.0. The number of hydrogen-bond donors (Lipinski definition) is 3. The number of rotatable bonds is 13. The quantitative estimate of drug-likeness (QED) is 0.249. The minimum Gasteiger partial charge on any atom is -0.481 e. The smallest absolute Gasteiger partial charge is 0.304 e. The average Bonchev–Trinajstić information content (AvgIpc) is 3.86. The largest absolute Gasteiger partial charge is 0.481 e. The van der Waals surface area contributed by atoms with Gasteiger partial charge < -0.3 is 20.2 Å². The monoisotopic (exact) mass is 727 g/mol. The Hall–Kier alpha value is -1.90. The maximum Gasteiger partial charge on any atom is 0.304 e. The first-order valence-corrected chi connectivity index (χ1v) is 19.2. The predicted molar refractivity (Wildman–Crippen MR) is 184 cm³/mol. The summed E-state index contributed by atoms with van der Waals surface area (Å²) < 4.78 is 27.9. The summed E-state index contributed by atoms with van der Waals surface area (Å²) in [4.78, 5) is 31.4. The summed E-state index contributed by atoms with van der Waals surface area (Å²) in [5.74, 6) is -1.41. The Balaban J connectivity index is 1.64. The molecular formula is C33H43Cl2N3O7S2. The summed E-state index contributed by atoms with van der Waals surface area (Å²) in [6.45, 7) is 2.75. The Morgan fingerprint density at radius 2 is 1.81 bits per heavy atom. The summed E-state index contributed by atoms with van der Waals surface area (Å²) >= 11 is 13.8. The molecule has 4 atom stereocenters. The number of carboxylic acids is 1. The van der Waals surface area contributed by atoms with E-state index in [0.29, 0.717) is 41.6 Å². The minimum atomic E-state index is -3.56. The molecule has 3 fully saturated rings. The maximum atomic E-state index is 15.2. The second-order valence-corrected chi connectivity index (χ2v) is 17.7. The van der Waals surface area contributed by atoms with Gasteiger partial charge in [-0.15, -0.1) is 0 Å². The molecule has 0 aromatic heterocycles. The number of carbonyl (C=O) groups excluding carboxylic acids is 1. The number of likely N-dealkylation sites (tertiary alicyclic amines) is 1. The molecular weight excluding hydrogens is 685 g/mol. The number of sulfonamides is 1. The van der Waals surface area contributed by atoms with E-state index in [1.54, 1.807) is 30.1 Å². The Morgan fingerprint density at radius 1 is 1.11 bits per heavy atom. The van der Waals surface area contributed by atoms with Crippen molar-refractivity contribution in [2.24, 2.45) is 5.41 Å². The van der Waals surface area contributed by atoms with Crippen molar-refractivity contribution in [2.75, 3.05) is 39.0 Å². The summed E-state index contributed by atoms with van der Waals surface area (Å²) in [5.41, 5.74) is 0.250. The number of hydrogen-bond acceptors (Lipinski definition) is 8. The molecule has 0 radical (unpaired) electrons. The zero-order valence-corrected chi connectivity index (χ0v) is 29.7. The number of aliphatic carboxylic acids is 1. The second kappa shape index (κ2) is 14.5. The van der Waals surface area contributed by atoms with Gasteiger partial charge in [-0.25, -0.2) is 12.7 Å². The van der Waals surface area contributed by atoms with Gasteiger partial charge in [0.15, 0.2) is 0 Å². The lowest BCUT2D eigenvalue weighted by atomic mass is 9.64. The fourth-order valence-corrected chi connectivity index (χ4v) is 10.1. The number of piperidine rings is 1. The van der Waals surface area contributed by atoms with Crippen LogP contribution in [0.25, 0.3) is 0 Å². The van der Waals surface area contributed by atoms with Gasteiger partial charge in [0.25, 0.3) is 0 Å². The lowest BCUT2D eigenvalue weighted by Gasteiger charge is -2.53. The third-order valence-corrected chi connectivity index (χ3v) is 13.5. The van der Waals surface area contributed by atoms with Gasteiger partial charge in [0.05, 0.1) is 29.7 Å². The van der Waals surface area contributed by atoms with Gasteiger partial charge in [-0.2, -0.15) is 0 Å². The van der Waals surface area contributed by atoms with Crippen LogP contribution < -0.4 is 0 Å². The molecule has 47 heavy (non-hydrogen) atoms. The van der Waals surface area contributed by atoms with E-state index in [1.807, 2.05) is 42.2 Å². The number of β-amino-alcohol motifs (C(OH)–C–C–N with tert-alkyl or cyclic N) is 2. The van der Waals surface area contributed by atoms with Crippen molar-refractivity contribution in [1.29, 1.82) is 0 Å². The number of amides is 1. The lowest BCUT2D eigenvalue weighted by Crippen LogP contribution is -2.60. The zero-order chi connectivity index (χ0) is 34.1. The lowest BCUT2D eigenvalue weighted by molar-refractivity contribution is -0.163. The third kappa shape index (κ3) is 8.29. The Morgan fingerprint density at radius 3 is 2.40 bits per heavy atom. The van der Waals surface area contributed by atoms with Crippen molar-refractivity contribution in [2.45, 2.75) is 73.8 Å². The van der Waals surface area contributed by atoms with Crippen molar-refractivity contribution in [3.63, 3.8) is 0 Å². The summed E-state index contributed by atoms with van der Waals surface area (Å²) in [5, 5.41) is 29.6. The van der Waals surface area contributed by atoms with Crippen LogP contribution >= 0.6 is 35.0 Å². The van der Waals surface area contributed by atoms with Crippen LogP contribution in [0, 0.1) is 5.41 Å². The summed E-state index contributed by atoms with van der Waals surface area (Å²) in [7, 11) is -2.01. The average molecular weight is 729 g/mol. The van der Waals surface area contributed by atoms with E-state index in [4.69, 9.17) is 23.2 Å². The second-order valence-electron chi connectivity index (χ2n) is 13.1. The molecule has 3 N–H and O–H groups in total. The molecule has 0 unspecified atom stereocenters. The molecule has 14 heteroatoms. The van der Waals surface area contributed by atoms with Crippen molar-refractivity contribution in [1.82, 2.24) is 14.1 Å². The SMILES string of the molecule is CC[C@@H](CN(C)S(=O)(=O)C1CC1)N1C(=O)[C@@](CCN2CCSC(O)(O)C2)(CC(=O)O)C[C@H](c2cccc(Cl)c2)[C@H]1c1ccc(Cl)cc1. The van der Waals surface area contributed by atoms with Gasteiger partial charge in [0, 0.05) is 47.9 Å². The highest BCUT2D eigenvalue weighted by molar-refractivity contribution is 8.00. The van der Waals surface area contributed by atoms with Gasteiger partial charge in [-0.3, -0.25) is 14.5 Å². The van der Waals surface area contributed by atoms with E-state index in [9.17, 15) is 28.5 Å². The van der Waals surface area contributed by atoms with E-state index < -0.39 is 56.2 Å². The molecule has 1 amide bonds. The molecule has 0 bridgehead atoms. The highest BCUT2D eigenvalue weighted by Crippen LogP contribution is 2.54. The van der Waals surface area contributed by atoms with Gasteiger partial charge in [0.1, 0.15) is 0 Å². The van der Waals surface area contributed by atoms with Gasteiger partial charge >= 0.3 is 5.97 Å². The molecule has 2 saturated heterocycles. The van der Waals surface area contributed by atoms with Crippen LogP contribution in [0.3, 0.4) is 0 Å². The Labute approximate surface area is 291 Å². The van der Waals surface area contributed by atoms with E-state index >= 15 is 4.79 Å². The van der Waals surface area contributed by atoms with E-state index in [2.05, 4.69) is 0 Å². The molecule has 0 spiro atoms. The number of aliphatic hydroxyl groups is 2. The standard InChI is InChI=1S/C33H43Cl2N3O7S2/c1-3-26(20-36(2)47(44,45)27-11-12-27)38-30(22-7-9-24(34)10-8-22)28(23-5-4-6-25(35)17-23)18-32(31(38)41,19-29(39)40)13-14-37-15-16-46-33(42,43)21-37/h4-10,17,26-28,30,42-43H,3,11-16,18-21H2,1-2H3,(H,39,40)/t26-,28+,30+,32+/m0/s1. The van der Waals surface area contributed by atoms with Crippen LogP contribution in [-0.2, 0) is 19.6 Å². The fourth-order valence-electron chi connectivity index (χ4n) is 7.18. The van der Waals surface area contributed by atoms with E-state index in [0.717, 1.165) is 22.9 Å². The number of likely N-dealkylation sites (N-methyl/N-ethyl adjacent to an activating group) is 1. The number of carbonyl (C=O) groups is 2. The molecule has 2 aromatic rings. The molecule has 5 rings (SSSR count). The Kier molecular flexibility index (Phi) is 11.2. The summed E-state index contributed by atoms with van der Waals surface area (Å²) in [6.07, 6.45) is 1.55. The Bertz CT molecular complexity index is 1560. The third-order valence-electron chi connectivity index (χ3n) is 9.75. The van der Waals surface area contributed by atoms with Crippen LogP contribution in [0.15, 0.2) is 48.5 Å². The van der Waals surface area contributed by atoms with Crippen molar-refractivity contribution in [3.8, 4) is 0 Å². The predicted octanol–water partition coefficient (Wildman–Crippen LogP) is 4.79. The van der Waals surface area contributed by atoms with Crippen LogP contribution in [0.5, 0.6) is 0 Å². The minimum absolute atomic E-state index is 0.0365. The topological polar surface area (TPSA) is 139 Å². The highest BCUT2D eigenvalue weighted by Gasteiger charge is 2.55. The normalized spacial score (nSPS) is 26.0. The molecule has 1 aliphatic carbocycles. The van der Waals surface area contributed by atoms with Crippen molar-refractivity contribution < 1.29 is 33.3 Å². The number of nitrogens with zero attached hydrogens (tertiary/aromatic N) is 3. The molecule has 3 aliphatic rings. The van der Waals surface area contributed by atoms with Crippen molar-refractivity contribution in [3.05, 3.63) is 69.7 Å². The highest BCUT2D eigenvalue weighted by atomic mass is 35.5. The van der Waals surface area contributed by atoms with Gasteiger partial charge in [-0.05, 0) is 74.0 Å². The van der Waals surface area contributed by atoms with E-state index in [-0.39, 0.29) is 38.4 Å². The first-order chi connectivity index (χ1) is 22.2. The maximum absolute atomic E-state index is 15.2. The number of benzene rings is 2. The number of halogens is 2. The van der Waals surface area contributed by atoms with Crippen LogP contribution in [0.1, 0.15) is 68.5 Å². The van der Waals surface area contributed by atoms with E-state index in [1.165, 1.54) is 4.31 Å². The summed E-state index contributed by atoms with van der Waals surface area (Å²) in [6, 6.07) is 13.4. The van der Waals surface area contributed by atoms with Gasteiger partial charge in [0.2, 0.25) is 21.0 Å². The van der Waals surface area contributed by atoms with Crippen LogP contribution in [0.2, 0.25) is 10.0 Å². The zero-order valence-electron chi connectivity index (χ0n) is 26.6. The molecule has 2 aliphatic heterocycles. The molecule has 10 nitrogen and oxygen atoms in total. The molecule has 2 aromatic carbocycles. The fraction of sp³-hybridized carbons (Fsp3) is 0.576. The number of carboxylic acid groups (broad SMARTS) is 1. The van der Waals surface area contributed by atoms with Crippen LogP contribution in [-0.4, -0.2) is 105 Å².